The molecule has 1 amide bonds. The summed E-state index contributed by atoms with van der Waals surface area (Å²) in [4.78, 5) is 16.3. The van der Waals surface area contributed by atoms with Gasteiger partial charge < -0.3 is 25.5 Å². The van der Waals surface area contributed by atoms with Crippen LogP contribution in [0.2, 0.25) is 0 Å². The van der Waals surface area contributed by atoms with Gasteiger partial charge in [0, 0.05) is 40.5 Å². The fraction of sp³-hybridized carbons (Fsp3) is 0.346. The summed E-state index contributed by atoms with van der Waals surface area (Å²) >= 11 is 0. The summed E-state index contributed by atoms with van der Waals surface area (Å²) in [6.45, 7) is 3.83. The Labute approximate surface area is 187 Å². The maximum absolute atomic E-state index is 12.8. The molecule has 6 heteroatoms. The minimum atomic E-state index is -0.105. The lowest BCUT2D eigenvalue weighted by atomic mass is 9.94. The number of aromatic amines is 1. The van der Waals surface area contributed by atoms with Gasteiger partial charge in [0.25, 0.3) is 5.91 Å². The predicted molar refractivity (Wildman–Crippen MR) is 128 cm³/mol. The van der Waals surface area contributed by atoms with Crippen LogP contribution in [0.5, 0.6) is 5.75 Å². The number of carbonyl (C=O) groups excluding carboxylic acids is 1. The zero-order valence-electron chi connectivity index (χ0n) is 18.3. The molecule has 1 atom stereocenters. The Kier molecular flexibility index (Phi) is 5.72. The maximum Gasteiger partial charge on any atom is 0.256 e. The van der Waals surface area contributed by atoms with E-state index in [2.05, 4.69) is 27.8 Å². The molecule has 1 aromatic heterocycles. The molecule has 1 unspecified atom stereocenters. The molecule has 32 heavy (non-hydrogen) atoms. The van der Waals surface area contributed by atoms with Crippen LogP contribution in [0.1, 0.15) is 43.0 Å². The summed E-state index contributed by atoms with van der Waals surface area (Å²) in [7, 11) is 0. The highest BCUT2D eigenvalue weighted by Crippen LogP contribution is 2.39. The Morgan fingerprint density at radius 3 is 2.94 bits per heavy atom. The molecule has 3 heterocycles. The molecule has 1 saturated heterocycles. The Balaban J connectivity index is 1.42. The van der Waals surface area contributed by atoms with Crippen molar-refractivity contribution in [1.82, 2.24) is 10.3 Å². The van der Waals surface area contributed by atoms with Crippen LogP contribution in [0.15, 0.2) is 42.5 Å². The van der Waals surface area contributed by atoms with Crippen molar-refractivity contribution in [1.29, 1.82) is 0 Å². The van der Waals surface area contributed by atoms with Crippen LogP contribution in [0.4, 0.5) is 5.69 Å². The van der Waals surface area contributed by atoms with Crippen LogP contribution < -0.4 is 15.4 Å². The number of rotatable bonds is 7. The van der Waals surface area contributed by atoms with Crippen LogP contribution in [-0.2, 0) is 11.2 Å². The van der Waals surface area contributed by atoms with E-state index in [0.29, 0.717) is 24.6 Å². The van der Waals surface area contributed by atoms with Gasteiger partial charge in [-0.05, 0) is 80.6 Å². The number of hydrogen-bond donors (Lipinski definition) is 4. The first-order valence-corrected chi connectivity index (χ1v) is 11.4. The molecule has 0 saturated carbocycles. The Morgan fingerprint density at radius 2 is 2.12 bits per heavy atom. The van der Waals surface area contributed by atoms with E-state index in [-0.39, 0.29) is 12.5 Å². The summed E-state index contributed by atoms with van der Waals surface area (Å²) in [5.74, 6) is 0.756. The molecule has 0 aliphatic carbocycles. The fourth-order valence-electron chi connectivity index (χ4n) is 4.84. The number of hydrogen-bond acceptors (Lipinski definition) is 4. The summed E-state index contributed by atoms with van der Waals surface area (Å²) in [6, 6.07) is 14.5. The van der Waals surface area contributed by atoms with Crippen molar-refractivity contribution >= 4 is 33.6 Å². The average Bonchev–Trinajstić information content (AvgIpc) is 3.51. The molecule has 1 fully saturated rings. The summed E-state index contributed by atoms with van der Waals surface area (Å²) in [5.41, 5.74) is 6.14. The lowest BCUT2D eigenvalue weighted by Gasteiger charge is -2.11. The van der Waals surface area contributed by atoms with Gasteiger partial charge in [0.05, 0.1) is 12.2 Å². The monoisotopic (exact) mass is 431 g/mol. The molecule has 2 aliphatic heterocycles. The number of anilines is 1. The number of allylic oxidation sites excluding steroid dienone is 1. The molecule has 2 aromatic carbocycles. The van der Waals surface area contributed by atoms with E-state index in [1.54, 1.807) is 0 Å². The van der Waals surface area contributed by atoms with E-state index in [9.17, 15) is 9.90 Å². The van der Waals surface area contributed by atoms with Gasteiger partial charge >= 0.3 is 0 Å². The van der Waals surface area contributed by atoms with E-state index >= 15 is 0 Å². The molecular formula is C26H29N3O3. The highest BCUT2D eigenvalue weighted by atomic mass is 16.5. The van der Waals surface area contributed by atoms with Crippen molar-refractivity contribution in [2.24, 2.45) is 0 Å². The third-order valence-electron chi connectivity index (χ3n) is 6.53. The smallest absolute Gasteiger partial charge is 0.256 e. The fourth-order valence-corrected chi connectivity index (χ4v) is 4.84. The average molecular weight is 432 g/mol. The third-order valence-corrected chi connectivity index (χ3v) is 6.53. The summed E-state index contributed by atoms with van der Waals surface area (Å²) in [6.07, 6.45) is 4.01. The van der Waals surface area contributed by atoms with Gasteiger partial charge in [0.15, 0.2) is 0 Å². The minimum Gasteiger partial charge on any atom is -0.494 e. The SMILES string of the molecule is C/C(=C1/C(=O)Nc2cccc(CCO)c21)c1cc2cc(OCCC3CCCN3)ccc2[nH]1. The number of fused-ring (bicyclic) bond motifs is 2. The van der Waals surface area contributed by atoms with E-state index in [1.807, 2.05) is 37.3 Å². The van der Waals surface area contributed by atoms with E-state index in [0.717, 1.165) is 57.7 Å². The van der Waals surface area contributed by atoms with Crippen molar-refractivity contribution in [3.8, 4) is 5.75 Å². The molecule has 166 valence electrons. The molecule has 5 rings (SSSR count). The molecule has 6 nitrogen and oxygen atoms in total. The first-order valence-electron chi connectivity index (χ1n) is 11.4. The van der Waals surface area contributed by atoms with E-state index in [4.69, 9.17) is 4.74 Å². The second-order valence-corrected chi connectivity index (χ2v) is 8.63. The topological polar surface area (TPSA) is 86.4 Å². The minimum absolute atomic E-state index is 0.0446. The third kappa shape index (κ3) is 3.92. The number of nitrogens with one attached hydrogen (secondary N) is 3. The first-order chi connectivity index (χ1) is 15.6. The second-order valence-electron chi connectivity index (χ2n) is 8.63. The molecule has 0 radical (unpaired) electrons. The number of carbonyl (C=O) groups is 1. The van der Waals surface area contributed by atoms with Gasteiger partial charge in [-0.3, -0.25) is 4.79 Å². The van der Waals surface area contributed by atoms with E-state index in [1.165, 1.54) is 12.8 Å². The quantitative estimate of drug-likeness (QED) is 0.424. The van der Waals surface area contributed by atoms with E-state index < -0.39 is 0 Å². The van der Waals surface area contributed by atoms with Crippen LogP contribution in [0, 0.1) is 0 Å². The molecule has 4 N–H and O–H groups in total. The number of amides is 1. The van der Waals surface area contributed by atoms with Gasteiger partial charge in [0.2, 0.25) is 0 Å². The highest BCUT2D eigenvalue weighted by molar-refractivity contribution is 6.37. The maximum atomic E-state index is 12.8. The number of H-pyrrole nitrogens is 1. The first kappa shape index (κ1) is 20.8. The van der Waals surface area contributed by atoms with Crippen LogP contribution in [0.25, 0.3) is 22.0 Å². The van der Waals surface area contributed by atoms with Crippen molar-refractivity contribution in [3.63, 3.8) is 0 Å². The number of ether oxygens (including phenoxy) is 1. The van der Waals surface area contributed by atoms with Gasteiger partial charge in [0.1, 0.15) is 5.75 Å². The normalized spacial score (nSPS) is 19.3. The lowest BCUT2D eigenvalue weighted by molar-refractivity contribution is -0.110. The zero-order valence-corrected chi connectivity index (χ0v) is 18.3. The summed E-state index contributed by atoms with van der Waals surface area (Å²) < 4.78 is 6.00. The Hall–Kier alpha value is -3.09. The molecule has 0 bridgehead atoms. The van der Waals surface area contributed by atoms with Crippen LogP contribution in [0.3, 0.4) is 0 Å². The molecule has 3 aromatic rings. The molecule has 0 spiro atoms. The van der Waals surface area contributed by atoms with Crippen LogP contribution in [-0.4, -0.2) is 41.8 Å². The molecule has 2 aliphatic rings. The Bertz CT molecular complexity index is 1190. The van der Waals surface area contributed by atoms with Crippen molar-refractivity contribution in [2.45, 2.75) is 38.6 Å². The highest BCUT2D eigenvalue weighted by Gasteiger charge is 2.29. The van der Waals surface area contributed by atoms with Gasteiger partial charge in [-0.15, -0.1) is 0 Å². The van der Waals surface area contributed by atoms with Gasteiger partial charge in [-0.25, -0.2) is 0 Å². The lowest BCUT2D eigenvalue weighted by Crippen LogP contribution is -2.23. The number of benzene rings is 2. The van der Waals surface area contributed by atoms with Crippen molar-refractivity contribution in [2.75, 3.05) is 25.1 Å². The molecular weight excluding hydrogens is 402 g/mol. The standard InChI is InChI=1S/C26H29N3O3/c1-16(24-25-17(9-12-30)4-2-6-22(25)29-26(24)31)23-15-18-14-20(7-8-21(18)28-23)32-13-10-19-5-3-11-27-19/h2,4,6-8,14-15,19,27-28,30H,3,5,9-13H2,1H3,(H,29,31)/b24-16-. The largest absolute Gasteiger partial charge is 0.494 e. The van der Waals surface area contributed by atoms with Crippen molar-refractivity contribution < 1.29 is 14.6 Å². The number of aliphatic hydroxyl groups is 1. The number of aromatic nitrogens is 1. The Morgan fingerprint density at radius 1 is 1.22 bits per heavy atom. The van der Waals surface area contributed by atoms with Crippen LogP contribution >= 0.6 is 0 Å². The summed E-state index contributed by atoms with van der Waals surface area (Å²) in [5, 5.41) is 17.0. The van der Waals surface area contributed by atoms with Crippen molar-refractivity contribution in [3.05, 3.63) is 59.3 Å². The van der Waals surface area contributed by atoms with Gasteiger partial charge in [-0.1, -0.05) is 12.1 Å². The zero-order chi connectivity index (χ0) is 22.1. The predicted octanol–water partition coefficient (Wildman–Crippen LogP) is 4.11. The number of aliphatic hydroxyl groups excluding tert-OH is 1. The second kappa shape index (κ2) is 8.81. The van der Waals surface area contributed by atoms with Gasteiger partial charge in [-0.2, -0.15) is 0 Å².